The molecule has 0 fully saturated rings. The van der Waals surface area contributed by atoms with E-state index in [-0.39, 0.29) is 0 Å². The predicted molar refractivity (Wildman–Crippen MR) is 72.5 cm³/mol. The van der Waals surface area contributed by atoms with Crippen molar-refractivity contribution < 1.29 is 5.11 Å². The molecular formula is C11H7BrCl2OS. The van der Waals surface area contributed by atoms with Crippen molar-refractivity contribution in [1.82, 2.24) is 0 Å². The summed E-state index contributed by atoms with van der Waals surface area (Å²) in [7, 11) is 0. The first-order chi connectivity index (χ1) is 7.58. The Morgan fingerprint density at radius 2 is 2.00 bits per heavy atom. The van der Waals surface area contributed by atoms with Crippen LogP contribution in [-0.2, 0) is 0 Å². The first-order valence-electron chi connectivity index (χ1n) is 4.46. The molecule has 0 saturated carbocycles. The molecule has 0 radical (unpaired) electrons. The fraction of sp³-hybridized carbons (Fsp3) is 0.0909. The van der Waals surface area contributed by atoms with Crippen molar-refractivity contribution in [3.8, 4) is 0 Å². The van der Waals surface area contributed by atoms with Crippen molar-refractivity contribution in [2.45, 2.75) is 6.10 Å². The van der Waals surface area contributed by atoms with Crippen molar-refractivity contribution in [3.05, 3.63) is 54.6 Å². The fourth-order valence-electron chi connectivity index (χ4n) is 1.34. The van der Waals surface area contributed by atoms with Gasteiger partial charge in [0, 0.05) is 14.4 Å². The molecule has 0 bridgehead atoms. The Kier molecular flexibility index (Phi) is 3.93. The van der Waals surface area contributed by atoms with Crippen LogP contribution in [0.15, 0.2) is 34.8 Å². The highest BCUT2D eigenvalue weighted by molar-refractivity contribution is 9.10. The Hall–Kier alpha value is -0.0600. The van der Waals surface area contributed by atoms with Crippen molar-refractivity contribution in [3.63, 3.8) is 0 Å². The van der Waals surface area contributed by atoms with E-state index in [2.05, 4.69) is 15.9 Å². The number of hydrogen-bond acceptors (Lipinski definition) is 2. The van der Waals surface area contributed by atoms with Gasteiger partial charge in [-0.2, -0.15) is 0 Å². The Bertz CT molecular complexity index is 493. The van der Waals surface area contributed by atoms with E-state index in [1.54, 1.807) is 12.1 Å². The summed E-state index contributed by atoms with van der Waals surface area (Å²) in [4.78, 5) is 0.791. The second-order valence-corrected chi connectivity index (χ2v) is 6.20. The van der Waals surface area contributed by atoms with Crippen LogP contribution in [0.2, 0.25) is 9.36 Å². The third-order valence-electron chi connectivity index (χ3n) is 2.10. The van der Waals surface area contributed by atoms with Crippen LogP contribution in [0.3, 0.4) is 0 Å². The maximum absolute atomic E-state index is 10.1. The van der Waals surface area contributed by atoms with Crippen LogP contribution in [0, 0.1) is 0 Å². The molecule has 5 heteroatoms. The van der Waals surface area contributed by atoms with Crippen molar-refractivity contribution in [2.75, 3.05) is 0 Å². The standard InChI is InChI=1S/C11H7BrCl2OS/c12-8-5-9(16-11(8)14)10(15)6-2-1-3-7(13)4-6/h1-5,10,15H. The van der Waals surface area contributed by atoms with E-state index in [9.17, 15) is 5.11 Å². The summed E-state index contributed by atoms with van der Waals surface area (Å²) in [6.07, 6.45) is -0.688. The number of thiophene rings is 1. The molecule has 0 aliphatic carbocycles. The lowest BCUT2D eigenvalue weighted by atomic mass is 10.1. The molecule has 0 aliphatic rings. The molecule has 1 nitrogen and oxygen atoms in total. The Balaban J connectivity index is 2.35. The Morgan fingerprint density at radius 1 is 1.25 bits per heavy atom. The number of aliphatic hydroxyl groups is 1. The quantitative estimate of drug-likeness (QED) is 0.826. The smallest absolute Gasteiger partial charge is 0.113 e. The molecule has 0 saturated heterocycles. The Morgan fingerprint density at radius 3 is 2.56 bits per heavy atom. The summed E-state index contributed by atoms with van der Waals surface area (Å²) in [6, 6.07) is 8.98. The van der Waals surface area contributed by atoms with E-state index in [4.69, 9.17) is 23.2 Å². The summed E-state index contributed by atoms with van der Waals surface area (Å²) in [6.45, 7) is 0. The van der Waals surface area contributed by atoms with Crippen LogP contribution < -0.4 is 0 Å². The minimum Gasteiger partial charge on any atom is -0.383 e. The molecule has 0 amide bonds. The summed E-state index contributed by atoms with van der Waals surface area (Å²) in [5, 5.41) is 10.7. The summed E-state index contributed by atoms with van der Waals surface area (Å²) < 4.78 is 1.44. The van der Waals surface area contributed by atoms with E-state index in [0.29, 0.717) is 9.36 Å². The number of aliphatic hydroxyl groups excluding tert-OH is 1. The van der Waals surface area contributed by atoms with Gasteiger partial charge >= 0.3 is 0 Å². The molecule has 1 aromatic heterocycles. The molecule has 0 spiro atoms. The maximum Gasteiger partial charge on any atom is 0.113 e. The largest absolute Gasteiger partial charge is 0.383 e. The van der Waals surface area contributed by atoms with E-state index >= 15 is 0 Å². The average Bonchev–Trinajstić information content (AvgIpc) is 2.58. The molecule has 1 N–H and O–H groups in total. The van der Waals surface area contributed by atoms with Crippen molar-refractivity contribution in [2.24, 2.45) is 0 Å². The van der Waals surface area contributed by atoms with Gasteiger partial charge in [0.15, 0.2) is 0 Å². The molecule has 84 valence electrons. The highest BCUT2D eigenvalue weighted by atomic mass is 79.9. The Labute approximate surface area is 116 Å². The van der Waals surface area contributed by atoms with E-state index in [0.717, 1.165) is 14.9 Å². The minimum absolute atomic E-state index is 0.610. The monoisotopic (exact) mass is 336 g/mol. The number of hydrogen-bond donors (Lipinski definition) is 1. The topological polar surface area (TPSA) is 20.2 Å². The van der Waals surface area contributed by atoms with Crippen LogP contribution >= 0.6 is 50.5 Å². The summed E-state index contributed by atoms with van der Waals surface area (Å²) in [5.74, 6) is 0. The zero-order valence-corrected chi connectivity index (χ0v) is 11.9. The van der Waals surface area contributed by atoms with Gasteiger partial charge < -0.3 is 5.11 Å². The van der Waals surface area contributed by atoms with Gasteiger partial charge in [0.05, 0.1) is 0 Å². The van der Waals surface area contributed by atoms with Crippen LogP contribution in [0.1, 0.15) is 16.5 Å². The van der Waals surface area contributed by atoms with Gasteiger partial charge in [0.1, 0.15) is 10.4 Å². The van der Waals surface area contributed by atoms with Crippen LogP contribution in [0.25, 0.3) is 0 Å². The highest BCUT2D eigenvalue weighted by Crippen LogP contribution is 2.37. The third-order valence-corrected chi connectivity index (χ3v) is 4.86. The molecule has 1 unspecified atom stereocenters. The highest BCUT2D eigenvalue weighted by Gasteiger charge is 2.15. The summed E-state index contributed by atoms with van der Waals surface area (Å²) >= 11 is 16.5. The fourth-order valence-corrected chi connectivity index (χ4v) is 3.29. The molecule has 1 aromatic carbocycles. The predicted octanol–water partition coefficient (Wildman–Crippen LogP) is 4.90. The number of halogens is 3. The van der Waals surface area contributed by atoms with Gasteiger partial charge in [-0.1, -0.05) is 35.3 Å². The molecule has 1 heterocycles. The first-order valence-corrected chi connectivity index (χ1v) is 6.82. The molecular weight excluding hydrogens is 331 g/mol. The molecule has 2 rings (SSSR count). The minimum atomic E-state index is -0.688. The maximum atomic E-state index is 10.1. The molecule has 1 atom stereocenters. The number of benzene rings is 1. The zero-order valence-electron chi connectivity index (χ0n) is 7.95. The lowest BCUT2D eigenvalue weighted by Crippen LogP contribution is -1.96. The van der Waals surface area contributed by atoms with E-state index < -0.39 is 6.10 Å². The van der Waals surface area contributed by atoms with E-state index in [1.807, 2.05) is 18.2 Å². The van der Waals surface area contributed by atoms with Gasteiger partial charge in [-0.15, -0.1) is 11.3 Å². The van der Waals surface area contributed by atoms with Gasteiger partial charge in [-0.25, -0.2) is 0 Å². The second kappa shape index (κ2) is 5.07. The lowest BCUT2D eigenvalue weighted by molar-refractivity contribution is 0.224. The molecule has 2 aromatic rings. The normalized spacial score (nSPS) is 12.8. The van der Waals surface area contributed by atoms with Gasteiger partial charge in [0.2, 0.25) is 0 Å². The van der Waals surface area contributed by atoms with Gasteiger partial charge in [0.25, 0.3) is 0 Å². The average molecular weight is 338 g/mol. The lowest BCUT2D eigenvalue weighted by Gasteiger charge is -2.08. The van der Waals surface area contributed by atoms with Crippen molar-refractivity contribution >= 4 is 50.5 Å². The number of rotatable bonds is 2. The zero-order chi connectivity index (χ0) is 11.7. The first kappa shape index (κ1) is 12.4. The van der Waals surface area contributed by atoms with Gasteiger partial charge in [-0.3, -0.25) is 0 Å². The van der Waals surface area contributed by atoms with Crippen LogP contribution in [-0.4, -0.2) is 5.11 Å². The SMILES string of the molecule is OC(c1cccc(Cl)c1)c1cc(Br)c(Cl)s1. The van der Waals surface area contributed by atoms with E-state index in [1.165, 1.54) is 11.3 Å². The van der Waals surface area contributed by atoms with Crippen LogP contribution in [0.5, 0.6) is 0 Å². The van der Waals surface area contributed by atoms with Crippen LogP contribution in [0.4, 0.5) is 0 Å². The molecule has 16 heavy (non-hydrogen) atoms. The van der Waals surface area contributed by atoms with Crippen molar-refractivity contribution in [1.29, 1.82) is 0 Å². The summed E-state index contributed by atoms with van der Waals surface area (Å²) in [5.41, 5.74) is 0.762. The third kappa shape index (κ3) is 2.60. The molecule has 0 aliphatic heterocycles. The second-order valence-electron chi connectivity index (χ2n) is 3.23. The van der Waals surface area contributed by atoms with Gasteiger partial charge in [-0.05, 0) is 39.7 Å².